The van der Waals surface area contributed by atoms with Crippen LogP contribution in [0.2, 0.25) is 0 Å². The molecular formula is C19H23N5OS. The van der Waals surface area contributed by atoms with Crippen LogP contribution in [-0.2, 0) is 0 Å². The average molecular weight is 369 g/mol. The van der Waals surface area contributed by atoms with Gasteiger partial charge in [-0.15, -0.1) is 11.3 Å². The van der Waals surface area contributed by atoms with Crippen LogP contribution in [0.4, 0.5) is 11.5 Å². The number of thiophene rings is 1. The van der Waals surface area contributed by atoms with Crippen molar-refractivity contribution in [3.05, 3.63) is 40.3 Å². The smallest absolute Gasteiger partial charge is 0.266 e. The Labute approximate surface area is 157 Å². The molecule has 1 N–H and O–H groups in total. The molecule has 0 bridgehead atoms. The van der Waals surface area contributed by atoms with Gasteiger partial charge in [-0.05, 0) is 52.3 Å². The van der Waals surface area contributed by atoms with E-state index in [1.165, 1.54) is 11.3 Å². The van der Waals surface area contributed by atoms with Crippen LogP contribution >= 0.6 is 11.3 Å². The van der Waals surface area contributed by atoms with Crippen molar-refractivity contribution < 1.29 is 4.79 Å². The summed E-state index contributed by atoms with van der Waals surface area (Å²) in [6.45, 7) is 11.8. The van der Waals surface area contributed by atoms with Gasteiger partial charge < -0.3 is 10.2 Å². The Morgan fingerprint density at radius 2 is 1.88 bits per heavy atom. The molecule has 0 unspecified atom stereocenters. The van der Waals surface area contributed by atoms with Gasteiger partial charge in [0.05, 0.1) is 16.8 Å². The van der Waals surface area contributed by atoms with Gasteiger partial charge >= 0.3 is 0 Å². The first-order valence-corrected chi connectivity index (χ1v) is 9.52. The van der Waals surface area contributed by atoms with E-state index in [2.05, 4.69) is 39.0 Å². The van der Waals surface area contributed by atoms with Crippen molar-refractivity contribution >= 4 is 39.0 Å². The number of nitrogens with zero attached hydrogens (tertiary/aromatic N) is 4. The van der Waals surface area contributed by atoms with Crippen LogP contribution in [0.3, 0.4) is 0 Å². The number of anilines is 2. The highest BCUT2D eigenvalue weighted by Gasteiger charge is 2.19. The SMILES string of the molecule is CCN(CC)c1ccc(NC(=O)c2sc3nc(C)nc(C)c3c2C)cn1. The van der Waals surface area contributed by atoms with Crippen molar-refractivity contribution in [3.8, 4) is 0 Å². The minimum Gasteiger partial charge on any atom is -0.357 e. The van der Waals surface area contributed by atoms with Crippen LogP contribution in [0, 0.1) is 20.8 Å². The number of fused-ring (bicyclic) bond motifs is 1. The summed E-state index contributed by atoms with van der Waals surface area (Å²) in [6.07, 6.45) is 1.70. The first kappa shape index (κ1) is 18.3. The summed E-state index contributed by atoms with van der Waals surface area (Å²) < 4.78 is 0. The molecule has 26 heavy (non-hydrogen) atoms. The second-order valence-corrected chi connectivity index (χ2v) is 7.12. The lowest BCUT2D eigenvalue weighted by Crippen LogP contribution is -2.22. The average Bonchev–Trinajstić information content (AvgIpc) is 2.94. The molecule has 0 aliphatic carbocycles. The molecule has 0 atom stereocenters. The number of rotatable bonds is 5. The molecule has 6 nitrogen and oxygen atoms in total. The fourth-order valence-electron chi connectivity index (χ4n) is 3.07. The van der Waals surface area contributed by atoms with E-state index in [1.807, 2.05) is 32.9 Å². The van der Waals surface area contributed by atoms with Gasteiger partial charge in [0.1, 0.15) is 16.5 Å². The molecule has 3 heterocycles. The third-order valence-corrected chi connectivity index (χ3v) is 5.57. The molecule has 0 radical (unpaired) electrons. The molecule has 0 saturated heterocycles. The molecule has 0 aromatic carbocycles. The van der Waals surface area contributed by atoms with Gasteiger partial charge in [-0.2, -0.15) is 0 Å². The maximum atomic E-state index is 12.7. The van der Waals surface area contributed by atoms with E-state index in [9.17, 15) is 4.79 Å². The van der Waals surface area contributed by atoms with Gasteiger partial charge in [0.15, 0.2) is 0 Å². The molecule has 7 heteroatoms. The van der Waals surface area contributed by atoms with Gasteiger partial charge in [-0.1, -0.05) is 0 Å². The highest BCUT2D eigenvalue weighted by atomic mass is 32.1. The monoisotopic (exact) mass is 369 g/mol. The fourth-order valence-corrected chi connectivity index (χ4v) is 4.25. The Bertz CT molecular complexity index is 945. The lowest BCUT2D eigenvalue weighted by Gasteiger charge is -2.19. The first-order valence-electron chi connectivity index (χ1n) is 8.71. The van der Waals surface area contributed by atoms with Crippen molar-refractivity contribution in [2.24, 2.45) is 0 Å². The molecule has 3 rings (SSSR count). The summed E-state index contributed by atoms with van der Waals surface area (Å²) in [5.74, 6) is 1.49. The Balaban J connectivity index is 1.85. The van der Waals surface area contributed by atoms with Crippen LogP contribution in [0.25, 0.3) is 10.2 Å². The number of pyridine rings is 1. The molecule has 136 valence electrons. The first-order chi connectivity index (χ1) is 12.4. The normalized spacial score (nSPS) is 11.0. The molecule has 0 aliphatic rings. The maximum absolute atomic E-state index is 12.7. The lowest BCUT2D eigenvalue weighted by molar-refractivity contribution is 0.103. The number of nitrogens with one attached hydrogen (secondary N) is 1. The largest absolute Gasteiger partial charge is 0.357 e. The van der Waals surface area contributed by atoms with Crippen molar-refractivity contribution in [1.82, 2.24) is 15.0 Å². The zero-order chi connectivity index (χ0) is 18.8. The third kappa shape index (κ3) is 3.39. The molecule has 0 spiro atoms. The van der Waals surface area contributed by atoms with Gasteiger partial charge in [-0.25, -0.2) is 15.0 Å². The molecule has 3 aromatic rings. The maximum Gasteiger partial charge on any atom is 0.266 e. The van der Waals surface area contributed by atoms with Crippen molar-refractivity contribution in [2.45, 2.75) is 34.6 Å². The number of hydrogen-bond donors (Lipinski definition) is 1. The predicted octanol–water partition coefficient (Wildman–Crippen LogP) is 4.11. The van der Waals surface area contributed by atoms with E-state index >= 15 is 0 Å². The standard InChI is InChI=1S/C19H23N5OS/c1-6-24(7-2)15-9-8-14(10-20-15)23-18(25)17-11(3)16-12(4)21-13(5)22-19(16)26-17/h8-10H,6-7H2,1-5H3,(H,23,25). The van der Waals surface area contributed by atoms with E-state index in [1.54, 1.807) is 6.20 Å². The minimum atomic E-state index is -0.139. The molecule has 3 aromatic heterocycles. The van der Waals surface area contributed by atoms with E-state index in [-0.39, 0.29) is 5.91 Å². The quantitative estimate of drug-likeness (QED) is 0.733. The summed E-state index contributed by atoms with van der Waals surface area (Å²) in [7, 11) is 0. The zero-order valence-electron chi connectivity index (χ0n) is 15.8. The topological polar surface area (TPSA) is 71.0 Å². The van der Waals surface area contributed by atoms with Gasteiger partial charge in [0.2, 0.25) is 0 Å². The second-order valence-electron chi connectivity index (χ2n) is 6.12. The van der Waals surface area contributed by atoms with E-state index in [0.717, 1.165) is 46.2 Å². The Kier molecular flexibility index (Phi) is 5.18. The Hall–Kier alpha value is -2.54. The summed E-state index contributed by atoms with van der Waals surface area (Å²) in [5, 5.41) is 3.91. The molecule has 0 saturated carbocycles. The lowest BCUT2D eigenvalue weighted by atomic mass is 10.1. The van der Waals surface area contributed by atoms with Gasteiger partial charge in [0.25, 0.3) is 5.91 Å². The summed E-state index contributed by atoms with van der Waals surface area (Å²) >= 11 is 1.40. The van der Waals surface area contributed by atoms with Crippen LogP contribution in [0.15, 0.2) is 18.3 Å². The third-order valence-electron chi connectivity index (χ3n) is 4.38. The zero-order valence-corrected chi connectivity index (χ0v) is 16.6. The number of carbonyl (C=O) groups excluding carboxylic acids is 1. The predicted molar refractivity (Wildman–Crippen MR) is 107 cm³/mol. The molecule has 0 fully saturated rings. The van der Waals surface area contributed by atoms with Gasteiger partial charge in [0, 0.05) is 24.2 Å². The second kappa shape index (κ2) is 7.37. The van der Waals surface area contributed by atoms with Crippen molar-refractivity contribution in [3.63, 3.8) is 0 Å². The Morgan fingerprint density at radius 3 is 2.50 bits per heavy atom. The van der Waals surface area contributed by atoms with Crippen LogP contribution < -0.4 is 10.2 Å². The van der Waals surface area contributed by atoms with Crippen LogP contribution in [0.5, 0.6) is 0 Å². The molecule has 1 amide bonds. The van der Waals surface area contributed by atoms with Crippen molar-refractivity contribution in [2.75, 3.05) is 23.3 Å². The van der Waals surface area contributed by atoms with E-state index < -0.39 is 0 Å². The van der Waals surface area contributed by atoms with Crippen molar-refractivity contribution in [1.29, 1.82) is 0 Å². The number of aryl methyl sites for hydroxylation is 3. The minimum absolute atomic E-state index is 0.139. The van der Waals surface area contributed by atoms with Crippen LogP contribution in [0.1, 0.15) is 40.6 Å². The number of amides is 1. The fraction of sp³-hybridized carbons (Fsp3) is 0.368. The highest BCUT2D eigenvalue weighted by Crippen LogP contribution is 2.31. The number of hydrogen-bond acceptors (Lipinski definition) is 6. The summed E-state index contributed by atoms with van der Waals surface area (Å²) in [5.41, 5.74) is 2.51. The van der Waals surface area contributed by atoms with Gasteiger partial charge in [-0.3, -0.25) is 4.79 Å². The highest BCUT2D eigenvalue weighted by molar-refractivity contribution is 7.20. The van der Waals surface area contributed by atoms with Crippen LogP contribution in [-0.4, -0.2) is 33.9 Å². The Morgan fingerprint density at radius 1 is 1.15 bits per heavy atom. The summed E-state index contributed by atoms with van der Waals surface area (Å²) in [6, 6.07) is 3.82. The summed E-state index contributed by atoms with van der Waals surface area (Å²) in [4.78, 5) is 29.7. The molecular weight excluding hydrogens is 346 g/mol. The number of aromatic nitrogens is 3. The van der Waals surface area contributed by atoms with E-state index in [0.29, 0.717) is 10.6 Å². The molecule has 0 aliphatic heterocycles. The van der Waals surface area contributed by atoms with E-state index in [4.69, 9.17) is 0 Å². The number of carbonyl (C=O) groups is 1.